The summed E-state index contributed by atoms with van der Waals surface area (Å²) in [5.74, 6) is 0. The van der Waals surface area contributed by atoms with Gasteiger partial charge in [-0.3, -0.25) is 0 Å². The first-order valence-corrected chi connectivity index (χ1v) is 6.67. The highest BCUT2D eigenvalue weighted by Gasteiger charge is 2.36. The van der Waals surface area contributed by atoms with E-state index in [1.165, 1.54) is 44.9 Å². The van der Waals surface area contributed by atoms with E-state index in [1.807, 2.05) is 0 Å². The molecule has 2 aliphatic rings. The summed E-state index contributed by atoms with van der Waals surface area (Å²) >= 11 is 0. The van der Waals surface area contributed by atoms with Crippen molar-refractivity contribution < 1.29 is 5.11 Å². The molecule has 2 unspecified atom stereocenters. The Hall–Kier alpha value is -0.0800. The molecule has 0 aromatic carbocycles. The van der Waals surface area contributed by atoms with E-state index < -0.39 is 0 Å². The molecule has 2 N–H and O–H groups in total. The lowest BCUT2D eigenvalue weighted by Crippen LogP contribution is -2.48. The van der Waals surface area contributed by atoms with E-state index in [4.69, 9.17) is 0 Å². The number of aliphatic hydroxyl groups excluding tert-OH is 1. The van der Waals surface area contributed by atoms with Crippen molar-refractivity contribution in [3.05, 3.63) is 0 Å². The van der Waals surface area contributed by atoms with Crippen molar-refractivity contribution in [3.8, 4) is 0 Å². The van der Waals surface area contributed by atoms with Crippen LogP contribution >= 0.6 is 0 Å². The zero-order valence-corrected chi connectivity index (χ0v) is 9.97. The van der Waals surface area contributed by atoms with E-state index in [2.05, 4.69) is 12.2 Å². The molecule has 2 saturated carbocycles. The monoisotopic (exact) mass is 211 g/mol. The average molecular weight is 211 g/mol. The predicted molar refractivity (Wildman–Crippen MR) is 62.8 cm³/mol. The molecule has 2 aliphatic carbocycles. The summed E-state index contributed by atoms with van der Waals surface area (Å²) in [5, 5.41) is 13.5. The molecule has 15 heavy (non-hydrogen) atoms. The van der Waals surface area contributed by atoms with Crippen molar-refractivity contribution in [2.24, 2.45) is 5.41 Å². The molecule has 2 rings (SSSR count). The summed E-state index contributed by atoms with van der Waals surface area (Å²) in [7, 11) is 0. The summed E-state index contributed by atoms with van der Waals surface area (Å²) in [6, 6.07) is 0.378. The van der Waals surface area contributed by atoms with Gasteiger partial charge in [0.15, 0.2) is 0 Å². The third kappa shape index (κ3) is 2.54. The molecule has 0 radical (unpaired) electrons. The average Bonchev–Trinajstić information content (AvgIpc) is 2.19. The van der Waals surface area contributed by atoms with Crippen molar-refractivity contribution in [3.63, 3.8) is 0 Å². The maximum atomic E-state index is 9.87. The quantitative estimate of drug-likeness (QED) is 0.748. The van der Waals surface area contributed by atoms with Crippen LogP contribution in [0.15, 0.2) is 0 Å². The zero-order valence-electron chi connectivity index (χ0n) is 9.97. The summed E-state index contributed by atoms with van der Waals surface area (Å²) < 4.78 is 0. The van der Waals surface area contributed by atoms with Crippen LogP contribution in [0, 0.1) is 5.41 Å². The van der Waals surface area contributed by atoms with Crippen LogP contribution in [0.4, 0.5) is 0 Å². The first-order chi connectivity index (χ1) is 7.26. The van der Waals surface area contributed by atoms with Gasteiger partial charge in [0.1, 0.15) is 0 Å². The standard InChI is InChI=1S/C13H25NO/c1-2-13(8-5-9-13)10-14-11-6-3-4-7-12(11)15/h11-12,14-15H,2-10H2,1H3. The van der Waals surface area contributed by atoms with E-state index >= 15 is 0 Å². The van der Waals surface area contributed by atoms with Gasteiger partial charge in [-0.2, -0.15) is 0 Å². The molecule has 2 nitrogen and oxygen atoms in total. The van der Waals surface area contributed by atoms with E-state index in [1.54, 1.807) is 0 Å². The van der Waals surface area contributed by atoms with Crippen LogP contribution in [-0.2, 0) is 0 Å². The minimum atomic E-state index is -0.0901. The van der Waals surface area contributed by atoms with Crippen LogP contribution in [0.5, 0.6) is 0 Å². The molecular formula is C13H25NO. The van der Waals surface area contributed by atoms with Crippen molar-refractivity contribution in [1.29, 1.82) is 0 Å². The van der Waals surface area contributed by atoms with Crippen molar-refractivity contribution in [2.75, 3.05) is 6.54 Å². The summed E-state index contributed by atoms with van der Waals surface area (Å²) in [6.45, 7) is 3.43. The lowest BCUT2D eigenvalue weighted by molar-refractivity contribution is 0.0647. The van der Waals surface area contributed by atoms with Gasteiger partial charge in [0.05, 0.1) is 6.10 Å². The zero-order chi connectivity index (χ0) is 10.7. The van der Waals surface area contributed by atoms with E-state index in [0.29, 0.717) is 11.5 Å². The summed E-state index contributed by atoms with van der Waals surface area (Å²) in [6.07, 6.45) is 10.0. The summed E-state index contributed by atoms with van der Waals surface area (Å²) in [4.78, 5) is 0. The van der Waals surface area contributed by atoms with Gasteiger partial charge in [-0.15, -0.1) is 0 Å². The molecule has 2 fully saturated rings. The van der Waals surface area contributed by atoms with Gasteiger partial charge in [-0.25, -0.2) is 0 Å². The molecule has 0 amide bonds. The number of aliphatic hydroxyl groups is 1. The fraction of sp³-hybridized carbons (Fsp3) is 1.00. The second kappa shape index (κ2) is 4.84. The van der Waals surface area contributed by atoms with Gasteiger partial charge < -0.3 is 10.4 Å². The Kier molecular flexibility index (Phi) is 3.68. The molecule has 2 atom stereocenters. The molecular weight excluding hydrogens is 186 g/mol. The molecule has 0 aliphatic heterocycles. The highest BCUT2D eigenvalue weighted by atomic mass is 16.3. The molecule has 2 heteroatoms. The van der Waals surface area contributed by atoms with Crippen LogP contribution in [-0.4, -0.2) is 23.8 Å². The van der Waals surface area contributed by atoms with Gasteiger partial charge in [-0.1, -0.05) is 26.2 Å². The Bertz CT molecular complexity index is 195. The minimum Gasteiger partial charge on any atom is -0.392 e. The normalized spacial score (nSPS) is 34.8. The first-order valence-electron chi connectivity index (χ1n) is 6.67. The molecule has 0 heterocycles. The topological polar surface area (TPSA) is 32.3 Å². The Morgan fingerprint density at radius 2 is 1.93 bits per heavy atom. The molecule has 88 valence electrons. The molecule has 0 aromatic rings. The largest absolute Gasteiger partial charge is 0.392 e. The second-order valence-corrected chi connectivity index (χ2v) is 5.55. The smallest absolute Gasteiger partial charge is 0.0693 e. The third-order valence-corrected chi connectivity index (χ3v) is 4.63. The van der Waals surface area contributed by atoms with Crippen LogP contribution in [0.25, 0.3) is 0 Å². The van der Waals surface area contributed by atoms with E-state index in [-0.39, 0.29) is 6.10 Å². The molecule has 0 saturated heterocycles. The van der Waals surface area contributed by atoms with Gasteiger partial charge >= 0.3 is 0 Å². The maximum absolute atomic E-state index is 9.87. The van der Waals surface area contributed by atoms with Gasteiger partial charge in [0.2, 0.25) is 0 Å². The number of rotatable bonds is 4. The van der Waals surface area contributed by atoms with Gasteiger partial charge in [-0.05, 0) is 37.5 Å². The Morgan fingerprint density at radius 1 is 1.20 bits per heavy atom. The van der Waals surface area contributed by atoms with Crippen molar-refractivity contribution in [2.45, 2.75) is 70.4 Å². The van der Waals surface area contributed by atoms with Gasteiger partial charge in [0.25, 0.3) is 0 Å². The van der Waals surface area contributed by atoms with E-state index in [0.717, 1.165) is 13.0 Å². The fourth-order valence-electron chi connectivity index (χ4n) is 3.03. The second-order valence-electron chi connectivity index (χ2n) is 5.55. The molecule has 0 bridgehead atoms. The fourth-order valence-corrected chi connectivity index (χ4v) is 3.03. The third-order valence-electron chi connectivity index (χ3n) is 4.63. The van der Waals surface area contributed by atoms with E-state index in [9.17, 15) is 5.11 Å². The Balaban J connectivity index is 1.76. The molecule has 0 spiro atoms. The Labute approximate surface area is 93.5 Å². The SMILES string of the molecule is CCC1(CNC2CCCCC2O)CCC1. The minimum absolute atomic E-state index is 0.0901. The number of hydrogen-bond donors (Lipinski definition) is 2. The first kappa shape index (κ1) is 11.4. The number of nitrogens with one attached hydrogen (secondary N) is 1. The predicted octanol–water partition coefficient (Wildman–Crippen LogP) is 2.46. The van der Waals surface area contributed by atoms with Gasteiger partial charge in [0, 0.05) is 12.6 Å². The summed E-state index contributed by atoms with van der Waals surface area (Å²) in [5.41, 5.74) is 0.581. The van der Waals surface area contributed by atoms with Crippen LogP contribution < -0.4 is 5.32 Å². The number of hydrogen-bond acceptors (Lipinski definition) is 2. The lowest BCUT2D eigenvalue weighted by Gasteiger charge is -2.43. The lowest BCUT2D eigenvalue weighted by atomic mass is 9.67. The molecule has 0 aromatic heterocycles. The maximum Gasteiger partial charge on any atom is 0.0693 e. The highest BCUT2D eigenvalue weighted by Crippen LogP contribution is 2.43. The van der Waals surface area contributed by atoms with Crippen LogP contribution in [0.3, 0.4) is 0 Å². The van der Waals surface area contributed by atoms with Crippen molar-refractivity contribution in [1.82, 2.24) is 5.32 Å². The van der Waals surface area contributed by atoms with Crippen LogP contribution in [0.1, 0.15) is 58.3 Å². The Morgan fingerprint density at radius 3 is 2.47 bits per heavy atom. The highest BCUT2D eigenvalue weighted by molar-refractivity contribution is 4.91. The van der Waals surface area contributed by atoms with Crippen LogP contribution in [0.2, 0.25) is 0 Å². The van der Waals surface area contributed by atoms with Crippen molar-refractivity contribution >= 4 is 0 Å².